The maximum absolute atomic E-state index is 13.3. The Bertz CT molecular complexity index is 1600. The predicted molar refractivity (Wildman–Crippen MR) is 183 cm³/mol. The summed E-state index contributed by atoms with van der Waals surface area (Å²) in [5, 5.41) is 23.9. The summed E-state index contributed by atoms with van der Waals surface area (Å²) >= 11 is 0. The fourth-order valence-electron chi connectivity index (χ4n) is 4.93. The van der Waals surface area contributed by atoms with Crippen LogP contribution in [0.25, 0.3) is 17.0 Å². The number of imidazole rings is 1. The van der Waals surface area contributed by atoms with Gasteiger partial charge in [0.1, 0.15) is 40.8 Å². The largest absolute Gasteiger partial charge is 0.497 e. The average Bonchev–Trinajstić information content (AvgIpc) is 3.48. The second-order valence-electron chi connectivity index (χ2n) is 11.1. The number of fused-ring (bicyclic) bond motifs is 1. The van der Waals surface area contributed by atoms with Crippen LogP contribution in [-0.2, 0) is 24.9 Å². The van der Waals surface area contributed by atoms with Crippen molar-refractivity contribution < 1.29 is 43.4 Å². The number of H-pyrrole nitrogens is 1. The number of aromatic amines is 1. The first-order chi connectivity index (χ1) is 22.9. The topological polar surface area (TPSA) is 236 Å². The molecule has 3 rings (SSSR count). The lowest BCUT2D eigenvalue weighted by Gasteiger charge is -2.21. The number of hydrogen-bond donors (Lipinski definition) is 7. The Hall–Kier alpha value is -4.06. The van der Waals surface area contributed by atoms with Gasteiger partial charge in [-0.2, -0.15) is 0 Å². The molecule has 262 valence electrons. The molecule has 0 aliphatic heterocycles. The summed E-state index contributed by atoms with van der Waals surface area (Å²) < 4.78 is 13.0. The third kappa shape index (κ3) is 10.5. The quantitative estimate of drug-likeness (QED) is 0.0504. The van der Waals surface area contributed by atoms with Crippen LogP contribution >= 0.6 is 21.6 Å². The maximum Gasteiger partial charge on any atom is 0.402 e. The number of carboxylic acid groups (broad SMARTS) is 2. The van der Waals surface area contributed by atoms with Gasteiger partial charge in [-0.1, -0.05) is 26.6 Å². The molecule has 2 amide bonds. The van der Waals surface area contributed by atoms with Crippen LogP contribution in [0, 0.1) is 13.8 Å². The van der Waals surface area contributed by atoms with Crippen LogP contribution in [0.1, 0.15) is 48.9 Å². The number of carboxylic acids is 2. The van der Waals surface area contributed by atoms with Crippen LogP contribution in [-0.4, -0.2) is 88.6 Å². The van der Waals surface area contributed by atoms with E-state index in [1.165, 1.54) is 21.6 Å². The summed E-state index contributed by atoms with van der Waals surface area (Å²) in [5.41, 5.74) is 15.3. The van der Waals surface area contributed by atoms with Crippen molar-refractivity contribution in [1.29, 1.82) is 0 Å². The van der Waals surface area contributed by atoms with Crippen molar-refractivity contribution in [3.05, 3.63) is 41.2 Å². The number of rotatable bonds is 20. The molecule has 0 aliphatic rings. The van der Waals surface area contributed by atoms with Crippen molar-refractivity contribution in [2.24, 2.45) is 11.5 Å². The first kappa shape index (κ1) is 38.4. The van der Waals surface area contributed by atoms with Crippen LogP contribution in [0.2, 0.25) is 0 Å². The van der Waals surface area contributed by atoms with E-state index in [2.05, 4.69) is 15.6 Å². The highest BCUT2D eigenvalue weighted by Crippen LogP contribution is 2.31. The van der Waals surface area contributed by atoms with E-state index in [0.29, 0.717) is 36.8 Å². The number of benzene rings is 1. The number of ether oxygens (including phenoxy) is 2. The molecule has 15 nitrogen and oxygen atoms in total. The van der Waals surface area contributed by atoms with E-state index in [1.54, 1.807) is 14.2 Å². The van der Waals surface area contributed by atoms with Gasteiger partial charge in [0.15, 0.2) is 5.52 Å². The number of unbranched alkanes of at least 4 members (excludes halogenated alkanes) is 1. The number of aromatic nitrogens is 3. The smallest absolute Gasteiger partial charge is 0.402 e. The van der Waals surface area contributed by atoms with Crippen molar-refractivity contribution in [1.82, 2.24) is 20.6 Å². The van der Waals surface area contributed by atoms with Crippen LogP contribution in [0.4, 0.5) is 0 Å². The number of nitrogens with zero attached hydrogens (tertiary/aromatic N) is 2. The van der Waals surface area contributed by atoms with Crippen LogP contribution < -0.4 is 36.1 Å². The first-order valence-corrected chi connectivity index (χ1v) is 17.8. The standard InChI is InChI=1S/C31H43N7O8S2/c1-17-14-38(31-36-21-10-8-19(45-3)13-23(21)37-31)25(18(2)27(17)46-4)16-48-47-15-24(34-26(39)11-9-20(33)29(41)42)28(40)35-22(30(43)44)7-5-6-12-32/h8,10,13-14,20,22,24H,5-7,9,11-12,15-16,32-33H2,1-4H3,(H4-,34,35,36,37,39,40,41,42,43,44)/p+1. The summed E-state index contributed by atoms with van der Waals surface area (Å²) in [6.45, 7) is 4.28. The zero-order valence-corrected chi connectivity index (χ0v) is 29.0. The SMILES string of the molecule is COc1ccc2[nH]c(-[n+]3cc(C)c(OC)c(C)c3CSSCC(NC(=O)CCC(N)C(=O)O)C(=O)NC(CCCCN)C(=O)O)nc2c1. The lowest BCUT2D eigenvalue weighted by atomic mass is 10.1. The Morgan fingerprint density at radius 1 is 1.02 bits per heavy atom. The highest BCUT2D eigenvalue weighted by atomic mass is 33.1. The third-order valence-electron chi connectivity index (χ3n) is 7.58. The van der Waals surface area contributed by atoms with Gasteiger partial charge in [0.2, 0.25) is 11.8 Å². The molecular formula is C31H44N7O8S2+. The fourth-order valence-corrected chi connectivity index (χ4v) is 7.23. The summed E-state index contributed by atoms with van der Waals surface area (Å²) in [7, 11) is 5.93. The number of carbonyl (C=O) groups is 4. The summed E-state index contributed by atoms with van der Waals surface area (Å²) in [4.78, 5) is 57.1. The molecule has 3 unspecified atom stereocenters. The number of carbonyl (C=O) groups excluding carboxylic acids is 2. The van der Waals surface area contributed by atoms with Crippen LogP contribution in [0.3, 0.4) is 0 Å². The monoisotopic (exact) mass is 706 g/mol. The normalized spacial score (nSPS) is 13.0. The predicted octanol–water partition coefficient (Wildman–Crippen LogP) is 1.73. The average molecular weight is 707 g/mol. The lowest BCUT2D eigenvalue weighted by molar-refractivity contribution is -0.611. The molecule has 9 N–H and O–H groups in total. The van der Waals surface area contributed by atoms with E-state index in [-0.39, 0.29) is 25.0 Å². The van der Waals surface area contributed by atoms with Crippen LogP contribution in [0.15, 0.2) is 24.4 Å². The molecule has 3 atom stereocenters. The number of aliphatic carboxylic acids is 2. The van der Waals surface area contributed by atoms with E-state index >= 15 is 0 Å². The van der Waals surface area contributed by atoms with E-state index in [0.717, 1.165) is 33.6 Å². The van der Waals surface area contributed by atoms with Crippen molar-refractivity contribution in [2.45, 2.75) is 69.8 Å². The molecule has 0 fully saturated rings. The Morgan fingerprint density at radius 3 is 2.42 bits per heavy atom. The molecule has 0 spiro atoms. The number of methoxy groups -OCH3 is 2. The second kappa shape index (κ2) is 18.5. The van der Waals surface area contributed by atoms with Gasteiger partial charge >= 0.3 is 17.9 Å². The lowest BCUT2D eigenvalue weighted by Crippen LogP contribution is -2.52. The van der Waals surface area contributed by atoms with Crippen LogP contribution in [0.5, 0.6) is 11.5 Å². The zero-order chi connectivity index (χ0) is 35.4. The highest BCUT2D eigenvalue weighted by Gasteiger charge is 2.28. The molecule has 2 aromatic heterocycles. The number of amides is 2. The van der Waals surface area contributed by atoms with Gasteiger partial charge in [-0.3, -0.25) is 14.4 Å². The Morgan fingerprint density at radius 2 is 1.77 bits per heavy atom. The Labute approximate surface area is 286 Å². The van der Waals surface area contributed by atoms with Gasteiger partial charge < -0.3 is 41.8 Å². The molecule has 3 aromatic rings. The summed E-state index contributed by atoms with van der Waals surface area (Å²) in [6, 6.07) is 2.08. The first-order valence-electron chi connectivity index (χ1n) is 15.3. The summed E-state index contributed by atoms with van der Waals surface area (Å²) in [5.74, 6) is -1.15. The molecule has 0 saturated carbocycles. The molecule has 0 radical (unpaired) electrons. The van der Waals surface area contributed by atoms with Crippen molar-refractivity contribution in [3.8, 4) is 17.4 Å². The van der Waals surface area contributed by atoms with Gasteiger partial charge in [-0.15, -0.1) is 0 Å². The molecule has 2 heterocycles. The van der Waals surface area contributed by atoms with E-state index in [9.17, 15) is 24.3 Å². The number of hydrogen-bond acceptors (Lipinski definition) is 11. The van der Waals surface area contributed by atoms with Gasteiger partial charge in [0.05, 0.1) is 26.2 Å². The maximum atomic E-state index is 13.3. The van der Waals surface area contributed by atoms with E-state index in [1.807, 2.05) is 42.8 Å². The van der Waals surface area contributed by atoms with Gasteiger partial charge in [-0.05, 0) is 58.2 Å². The molecule has 17 heteroatoms. The molecule has 0 saturated heterocycles. The second-order valence-corrected chi connectivity index (χ2v) is 13.6. The van der Waals surface area contributed by atoms with Crippen molar-refractivity contribution in [3.63, 3.8) is 0 Å². The molecule has 0 bridgehead atoms. The van der Waals surface area contributed by atoms with Gasteiger partial charge in [0, 0.05) is 29.4 Å². The van der Waals surface area contributed by atoms with Gasteiger partial charge in [-0.25, -0.2) is 14.3 Å². The molecular weight excluding hydrogens is 663 g/mol. The zero-order valence-electron chi connectivity index (χ0n) is 27.4. The minimum absolute atomic E-state index is 0.0921. The molecule has 48 heavy (non-hydrogen) atoms. The number of pyridine rings is 1. The molecule has 0 aliphatic carbocycles. The number of aryl methyl sites for hydroxylation is 1. The van der Waals surface area contributed by atoms with E-state index < -0.39 is 41.9 Å². The molecule has 1 aromatic carbocycles. The van der Waals surface area contributed by atoms with Gasteiger partial charge in [0.25, 0.3) is 0 Å². The highest BCUT2D eigenvalue weighted by molar-refractivity contribution is 8.76. The minimum atomic E-state index is -1.24. The minimum Gasteiger partial charge on any atom is -0.497 e. The fraction of sp³-hybridized carbons (Fsp3) is 0.484. The van der Waals surface area contributed by atoms with Crippen molar-refractivity contribution >= 4 is 56.4 Å². The number of nitrogens with one attached hydrogen (secondary N) is 3. The van der Waals surface area contributed by atoms with Crippen molar-refractivity contribution in [2.75, 3.05) is 26.5 Å². The van der Waals surface area contributed by atoms with E-state index in [4.69, 9.17) is 31.0 Å². The summed E-state index contributed by atoms with van der Waals surface area (Å²) in [6.07, 6.45) is 2.85. The Balaban J connectivity index is 1.80. The number of nitrogens with two attached hydrogens (primary N) is 2. The third-order valence-corrected chi connectivity index (χ3v) is 9.87. The Kier molecular flexibility index (Phi) is 14.8.